The predicted molar refractivity (Wildman–Crippen MR) is 80.7 cm³/mol. The molecule has 0 saturated heterocycles. The van der Waals surface area contributed by atoms with Gasteiger partial charge in [-0.3, -0.25) is 0 Å². The van der Waals surface area contributed by atoms with Crippen LogP contribution in [0.2, 0.25) is 0 Å². The number of benzene rings is 1. The molecule has 3 rings (SSSR count). The summed E-state index contributed by atoms with van der Waals surface area (Å²) in [5, 5.41) is 2.48. The highest BCUT2D eigenvalue weighted by Crippen LogP contribution is 2.38. The Balaban J connectivity index is 2.09. The smallest absolute Gasteiger partial charge is 0.338 e. The second kappa shape index (κ2) is 6.15. The second-order valence-corrected chi connectivity index (χ2v) is 5.34. The molecule has 138 valence electrons. The van der Waals surface area contributed by atoms with E-state index in [0.717, 1.165) is 6.33 Å². The summed E-state index contributed by atoms with van der Waals surface area (Å²) in [7, 11) is 0. The van der Waals surface area contributed by atoms with Gasteiger partial charge in [-0.2, -0.15) is 26.3 Å². The fraction of sp³-hybridized carbons (Fsp3) is 0.267. The largest absolute Gasteiger partial charge is 0.416 e. The number of aryl methyl sites for hydroxylation is 1. The molecule has 5 nitrogen and oxygen atoms in total. The lowest BCUT2D eigenvalue weighted by Gasteiger charge is -2.15. The number of imidazole rings is 1. The highest BCUT2D eigenvalue weighted by atomic mass is 19.4. The molecule has 1 aromatic carbocycles. The van der Waals surface area contributed by atoms with Crippen molar-refractivity contribution in [3.05, 3.63) is 42.0 Å². The Bertz CT molecular complexity index is 912. The number of nitrogens with zero attached hydrogens (tertiary/aromatic N) is 4. The average Bonchev–Trinajstić information content (AvgIpc) is 2.97. The molecule has 2 aromatic heterocycles. The number of hydrogen-bond acceptors (Lipinski definition) is 4. The highest BCUT2D eigenvalue weighted by Gasteiger charge is 2.37. The van der Waals surface area contributed by atoms with Crippen LogP contribution >= 0.6 is 0 Å². The molecule has 0 aliphatic heterocycles. The fourth-order valence-electron chi connectivity index (χ4n) is 2.37. The maximum absolute atomic E-state index is 12.9. The third kappa shape index (κ3) is 3.41. The summed E-state index contributed by atoms with van der Waals surface area (Å²) in [6, 6.07) is 1.23. The van der Waals surface area contributed by atoms with E-state index in [9.17, 15) is 26.3 Å². The number of fused-ring (bicyclic) bond motifs is 1. The molecule has 0 saturated carbocycles. The quantitative estimate of drug-likeness (QED) is 0.679. The molecule has 0 spiro atoms. The predicted octanol–water partition coefficient (Wildman–Crippen LogP) is 4.63. The zero-order chi connectivity index (χ0) is 19.1. The minimum absolute atomic E-state index is 0.00893. The van der Waals surface area contributed by atoms with Crippen molar-refractivity contribution in [2.45, 2.75) is 25.8 Å². The first-order valence-corrected chi connectivity index (χ1v) is 7.32. The number of halogens is 6. The third-order valence-corrected chi connectivity index (χ3v) is 3.59. The van der Waals surface area contributed by atoms with Crippen molar-refractivity contribution in [3.8, 4) is 0 Å². The summed E-state index contributed by atoms with van der Waals surface area (Å²) < 4.78 is 79.3. The van der Waals surface area contributed by atoms with E-state index in [1.807, 2.05) is 6.92 Å². The highest BCUT2D eigenvalue weighted by molar-refractivity contribution is 5.85. The Kier molecular flexibility index (Phi) is 4.24. The molecule has 0 aliphatic rings. The van der Waals surface area contributed by atoms with Crippen LogP contribution in [0.4, 0.5) is 37.8 Å². The van der Waals surface area contributed by atoms with Gasteiger partial charge in [0, 0.05) is 12.2 Å². The Hall–Kier alpha value is -2.85. The fourth-order valence-corrected chi connectivity index (χ4v) is 2.37. The van der Waals surface area contributed by atoms with E-state index in [0.29, 0.717) is 24.3 Å². The molecule has 0 amide bonds. The van der Waals surface area contributed by atoms with Gasteiger partial charge in [0.1, 0.15) is 6.33 Å². The maximum Gasteiger partial charge on any atom is 0.416 e. The summed E-state index contributed by atoms with van der Waals surface area (Å²) in [6.07, 6.45) is -7.25. The monoisotopic (exact) mass is 375 g/mol. The van der Waals surface area contributed by atoms with Crippen LogP contribution in [0.25, 0.3) is 11.2 Å². The van der Waals surface area contributed by atoms with E-state index in [1.54, 1.807) is 4.57 Å². The summed E-state index contributed by atoms with van der Waals surface area (Å²) in [6.45, 7) is 2.37. The van der Waals surface area contributed by atoms with Gasteiger partial charge in [-0.25, -0.2) is 15.0 Å². The molecule has 26 heavy (non-hydrogen) atoms. The molecule has 0 bridgehead atoms. The van der Waals surface area contributed by atoms with Crippen LogP contribution in [-0.4, -0.2) is 19.5 Å². The number of anilines is 2. The Morgan fingerprint density at radius 1 is 0.923 bits per heavy atom. The van der Waals surface area contributed by atoms with E-state index in [1.165, 1.54) is 6.33 Å². The number of aromatic nitrogens is 4. The lowest BCUT2D eigenvalue weighted by molar-refractivity contribution is -0.143. The normalized spacial score (nSPS) is 12.6. The van der Waals surface area contributed by atoms with Crippen molar-refractivity contribution in [1.29, 1.82) is 0 Å². The van der Waals surface area contributed by atoms with E-state index in [2.05, 4.69) is 20.3 Å². The molecule has 0 atom stereocenters. The van der Waals surface area contributed by atoms with E-state index in [-0.39, 0.29) is 17.4 Å². The van der Waals surface area contributed by atoms with E-state index < -0.39 is 29.2 Å². The lowest BCUT2D eigenvalue weighted by Crippen LogP contribution is -2.11. The minimum atomic E-state index is -4.93. The number of nitrogens with one attached hydrogen (secondary N) is 1. The van der Waals surface area contributed by atoms with Crippen LogP contribution in [0, 0.1) is 0 Å². The van der Waals surface area contributed by atoms with Crippen LogP contribution < -0.4 is 5.32 Å². The first-order chi connectivity index (χ1) is 12.1. The Morgan fingerprint density at radius 2 is 1.54 bits per heavy atom. The van der Waals surface area contributed by atoms with Gasteiger partial charge in [0.25, 0.3) is 0 Å². The van der Waals surface area contributed by atoms with Crippen molar-refractivity contribution < 1.29 is 26.3 Å². The van der Waals surface area contributed by atoms with E-state index in [4.69, 9.17) is 0 Å². The van der Waals surface area contributed by atoms with Gasteiger partial charge in [0.15, 0.2) is 17.0 Å². The molecular formula is C15H11F6N5. The summed E-state index contributed by atoms with van der Waals surface area (Å²) in [5.74, 6) is 0.00893. The molecule has 3 aromatic rings. The lowest BCUT2D eigenvalue weighted by atomic mass is 10.1. The first-order valence-electron chi connectivity index (χ1n) is 7.32. The molecule has 0 unspecified atom stereocenters. The molecule has 0 radical (unpaired) electrons. The minimum Gasteiger partial charge on any atom is -0.338 e. The number of rotatable bonds is 3. The van der Waals surface area contributed by atoms with Crippen LogP contribution in [0.5, 0.6) is 0 Å². The standard InChI is InChI=1S/C15H11F6N5/c1-2-26-7-24-11-12(22-6-23-13(11)26)25-10-4-8(14(16,17)18)3-9(5-10)15(19,20)21/h3-7H,2H2,1H3,(H,22,23,25). The van der Waals surface area contributed by atoms with Crippen LogP contribution in [0.1, 0.15) is 18.1 Å². The number of hydrogen-bond donors (Lipinski definition) is 1. The summed E-state index contributed by atoms with van der Waals surface area (Å²) in [5.41, 5.74) is -2.59. The van der Waals surface area contributed by atoms with Gasteiger partial charge < -0.3 is 9.88 Å². The van der Waals surface area contributed by atoms with Gasteiger partial charge in [-0.15, -0.1) is 0 Å². The van der Waals surface area contributed by atoms with Crippen LogP contribution in [0.3, 0.4) is 0 Å². The molecule has 0 fully saturated rings. The van der Waals surface area contributed by atoms with Gasteiger partial charge >= 0.3 is 12.4 Å². The van der Waals surface area contributed by atoms with Crippen molar-refractivity contribution in [2.75, 3.05) is 5.32 Å². The van der Waals surface area contributed by atoms with Gasteiger partial charge in [-0.1, -0.05) is 0 Å². The van der Waals surface area contributed by atoms with Crippen molar-refractivity contribution >= 4 is 22.7 Å². The average molecular weight is 375 g/mol. The molecule has 1 N–H and O–H groups in total. The van der Waals surface area contributed by atoms with E-state index >= 15 is 0 Å². The van der Waals surface area contributed by atoms with Crippen LogP contribution in [-0.2, 0) is 18.9 Å². The molecule has 11 heteroatoms. The summed E-state index contributed by atoms with van der Waals surface area (Å²) in [4.78, 5) is 11.9. The zero-order valence-corrected chi connectivity index (χ0v) is 13.2. The Morgan fingerprint density at radius 3 is 2.08 bits per heavy atom. The topological polar surface area (TPSA) is 55.6 Å². The van der Waals surface area contributed by atoms with Gasteiger partial charge in [0.05, 0.1) is 17.5 Å². The number of alkyl halides is 6. The Labute approximate surface area is 142 Å². The summed E-state index contributed by atoms with van der Waals surface area (Å²) >= 11 is 0. The van der Waals surface area contributed by atoms with Crippen molar-refractivity contribution in [3.63, 3.8) is 0 Å². The van der Waals surface area contributed by atoms with Crippen LogP contribution in [0.15, 0.2) is 30.9 Å². The zero-order valence-electron chi connectivity index (χ0n) is 13.2. The molecule has 0 aliphatic carbocycles. The molecular weight excluding hydrogens is 364 g/mol. The van der Waals surface area contributed by atoms with Gasteiger partial charge in [0.2, 0.25) is 0 Å². The SMILES string of the molecule is CCn1cnc2c(Nc3cc(C(F)(F)F)cc(C(F)(F)F)c3)ncnc21. The van der Waals surface area contributed by atoms with Gasteiger partial charge in [-0.05, 0) is 25.1 Å². The first kappa shape index (κ1) is 18.0. The van der Waals surface area contributed by atoms with Crippen molar-refractivity contribution in [2.24, 2.45) is 0 Å². The maximum atomic E-state index is 12.9. The third-order valence-electron chi connectivity index (χ3n) is 3.59. The van der Waals surface area contributed by atoms with Crippen molar-refractivity contribution in [1.82, 2.24) is 19.5 Å². The molecule has 2 heterocycles. The second-order valence-electron chi connectivity index (χ2n) is 5.34.